The molecule has 0 aliphatic carbocycles. The largest absolute Gasteiger partial charge is 0.390 e. The summed E-state index contributed by atoms with van der Waals surface area (Å²) in [6.45, 7) is 21.2. The Kier molecular flexibility index (Phi) is 26.8. The van der Waals surface area contributed by atoms with Crippen LogP contribution in [0.3, 0.4) is 0 Å². The lowest BCUT2D eigenvalue weighted by molar-refractivity contribution is -0.145. The van der Waals surface area contributed by atoms with Gasteiger partial charge in [-0.3, -0.25) is 28.8 Å². The average Bonchev–Trinajstić information content (AvgIpc) is 4.10. The number of aliphatic hydroxyl groups excluding tert-OH is 2. The molecule has 18 heteroatoms. The van der Waals surface area contributed by atoms with E-state index in [2.05, 4.69) is 40.4 Å². The van der Waals surface area contributed by atoms with Gasteiger partial charge >= 0.3 is 0 Å². The topological polar surface area (TPSA) is 253 Å². The maximum absolute atomic E-state index is 13.4. The zero-order valence-electron chi connectivity index (χ0n) is 47.6. The van der Waals surface area contributed by atoms with E-state index in [-0.39, 0.29) is 73.9 Å². The molecule has 6 amide bonds. The normalized spacial score (nSPS) is 16.9. The number of hydrogen-bond donors (Lipinski definition) is 8. The highest BCUT2D eigenvalue weighted by molar-refractivity contribution is 5.95. The summed E-state index contributed by atoms with van der Waals surface area (Å²) in [5, 5.41) is 38.8. The monoisotopic (exact) mass is 1100 g/mol. The number of nitrogens with two attached hydrogens (primary N) is 1. The minimum atomic E-state index is -0.865. The van der Waals surface area contributed by atoms with Crippen molar-refractivity contribution in [2.45, 2.75) is 144 Å². The van der Waals surface area contributed by atoms with E-state index < -0.39 is 53.1 Å². The molecular formula is C60H89ClN8O9. The fourth-order valence-corrected chi connectivity index (χ4v) is 8.96. The number of fused-ring (bicyclic) bond motifs is 2. The highest BCUT2D eigenvalue weighted by Gasteiger charge is 2.41. The van der Waals surface area contributed by atoms with E-state index in [4.69, 9.17) is 5.73 Å². The number of carbonyl (C=O) groups is 7. The second-order valence-corrected chi connectivity index (χ2v) is 23.2. The lowest BCUT2D eigenvalue weighted by Gasteiger charge is -2.31. The molecule has 0 aromatic heterocycles. The van der Waals surface area contributed by atoms with E-state index in [0.717, 1.165) is 58.3 Å². The number of rotatable bonds is 20. The average molecular weight is 1100 g/mol. The summed E-state index contributed by atoms with van der Waals surface area (Å²) in [6, 6.07) is 24.9. The number of aldehydes is 1. The first kappa shape index (κ1) is 66.3. The molecule has 17 nitrogen and oxygen atoms in total. The number of aliphatic hydroxyl groups is 2. The Labute approximate surface area is 468 Å². The fourth-order valence-electron chi connectivity index (χ4n) is 8.96. The van der Waals surface area contributed by atoms with Gasteiger partial charge in [0, 0.05) is 68.9 Å². The van der Waals surface area contributed by atoms with Crippen molar-refractivity contribution in [2.24, 2.45) is 28.4 Å². The van der Waals surface area contributed by atoms with Crippen molar-refractivity contribution in [1.29, 1.82) is 0 Å². The first-order valence-electron chi connectivity index (χ1n) is 27.3. The number of nitrogens with one attached hydrogen (secondary N) is 5. The summed E-state index contributed by atoms with van der Waals surface area (Å²) in [4.78, 5) is 91.5. The van der Waals surface area contributed by atoms with Crippen LogP contribution in [0.5, 0.6) is 0 Å². The molecule has 4 aromatic rings. The van der Waals surface area contributed by atoms with Gasteiger partial charge in [-0.05, 0) is 70.8 Å². The van der Waals surface area contributed by atoms with Gasteiger partial charge in [0.2, 0.25) is 35.4 Å². The molecular weight excluding hydrogens is 1010 g/mol. The number of likely N-dealkylation sites (tertiary alicyclic amines) is 2. The molecule has 9 N–H and O–H groups in total. The second-order valence-electron chi connectivity index (χ2n) is 23.2. The van der Waals surface area contributed by atoms with Crippen molar-refractivity contribution in [3.8, 4) is 0 Å². The smallest absolute Gasteiger partial charge is 0.243 e. The molecule has 2 aliphatic rings. The predicted molar refractivity (Wildman–Crippen MR) is 310 cm³/mol. The maximum Gasteiger partial charge on any atom is 0.243 e. The van der Waals surface area contributed by atoms with Crippen LogP contribution in [0.4, 0.5) is 0 Å². The Bertz CT molecular complexity index is 2600. The van der Waals surface area contributed by atoms with E-state index in [0.29, 0.717) is 44.8 Å². The number of carbonyl (C=O) groups excluding carboxylic acids is 7. The van der Waals surface area contributed by atoms with Crippen LogP contribution in [0.25, 0.3) is 21.5 Å². The third-order valence-electron chi connectivity index (χ3n) is 13.2. The fraction of sp³-hybridized carbons (Fsp3) is 0.550. The van der Waals surface area contributed by atoms with Crippen LogP contribution in [0, 0.1) is 22.7 Å². The van der Waals surface area contributed by atoms with Gasteiger partial charge in [0.05, 0.1) is 12.2 Å². The standard InChI is InChI=1S/C30H44N4O4.C26H36N4O4.C4H8O.ClH/c1-20(2)17-31-18-24(35)19-32-27(36)25(16-21-12-13-22-9-6-7-10-23(22)15-21)33-28(37)26-11-8-14-34(26)29(38)30(3,4)5;1-26(2,3)25(34)30-12-6-9-22(30)24(33)29-21(23(32)28-16-20(31)15-27)14-17-10-11-18-7-4-5-8-19(18)13-17;1-4(2)3-5;/h6-7,9-10,12-13,15,20,24-26,31,35H,8,11,14,16-19H2,1-5H3,(H,32,36)(H,33,37);4-5,7-8,10-11,13,20-22,31H,6,9,12,14-16,27H2,1-3H3,(H,28,32)(H,29,33);3-4H,1-2H3;1H/t24?,25-,26?;20?,21-,22?;;/m11../s1. The Morgan fingerprint density at radius 1 is 0.603 bits per heavy atom. The van der Waals surface area contributed by atoms with Gasteiger partial charge in [-0.2, -0.15) is 0 Å². The number of halogens is 1. The molecule has 2 saturated heterocycles. The number of nitrogens with zero attached hydrogens (tertiary/aromatic N) is 2. The molecule has 2 fully saturated rings. The molecule has 6 atom stereocenters. The van der Waals surface area contributed by atoms with Crippen LogP contribution in [0.1, 0.15) is 106 Å². The molecule has 0 radical (unpaired) electrons. The highest BCUT2D eigenvalue weighted by Crippen LogP contribution is 2.28. The number of benzene rings is 4. The van der Waals surface area contributed by atoms with Crippen LogP contribution in [0.15, 0.2) is 84.9 Å². The minimum absolute atomic E-state index is 0. The third kappa shape index (κ3) is 21.0. The summed E-state index contributed by atoms with van der Waals surface area (Å²) in [7, 11) is 0. The molecule has 6 rings (SSSR count). The van der Waals surface area contributed by atoms with Crippen LogP contribution < -0.4 is 32.3 Å². The SMILES string of the molecule is CC(C)(C)C(=O)N1CCCC1C(=O)N[C@H](Cc1ccc2ccccc2c1)C(=O)NCC(O)CN.CC(C)C=O.CC(C)CNCC(O)CNC(=O)[C@@H](Cc1ccc2ccccc2c1)NC(=O)C1CCCN1C(=O)C(C)(C)C.Cl. The molecule has 4 unspecified atom stereocenters. The van der Waals surface area contributed by atoms with Gasteiger partial charge in [-0.1, -0.05) is 154 Å². The van der Waals surface area contributed by atoms with Crippen LogP contribution in [-0.2, 0) is 46.4 Å². The van der Waals surface area contributed by atoms with Gasteiger partial charge in [-0.25, -0.2) is 0 Å². The quantitative estimate of drug-likeness (QED) is 0.0532. The molecule has 2 aliphatic heterocycles. The predicted octanol–water partition coefficient (Wildman–Crippen LogP) is 5.23. The van der Waals surface area contributed by atoms with E-state index in [1.807, 2.05) is 140 Å². The van der Waals surface area contributed by atoms with E-state index in [1.165, 1.54) is 0 Å². The first-order valence-corrected chi connectivity index (χ1v) is 27.3. The van der Waals surface area contributed by atoms with Crippen LogP contribution >= 0.6 is 12.4 Å². The molecule has 4 aromatic carbocycles. The van der Waals surface area contributed by atoms with Crippen molar-refractivity contribution >= 4 is 75.7 Å². The minimum Gasteiger partial charge on any atom is -0.390 e. The Morgan fingerprint density at radius 2 is 0.987 bits per heavy atom. The lowest BCUT2D eigenvalue weighted by Crippen LogP contribution is -2.55. The Hall–Kier alpha value is -5.98. The van der Waals surface area contributed by atoms with Crippen LogP contribution in [0.2, 0.25) is 0 Å². The second kappa shape index (κ2) is 31.6. The van der Waals surface area contributed by atoms with Gasteiger partial charge in [0.15, 0.2) is 0 Å². The number of amides is 6. The summed E-state index contributed by atoms with van der Waals surface area (Å²) in [6.07, 6.45) is 2.49. The van der Waals surface area contributed by atoms with Gasteiger partial charge in [0.1, 0.15) is 30.5 Å². The molecule has 0 saturated carbocycles. The third-order valence-corrected chi connectivity index (χ3v) is 13.2. The van der Waals surface area contributed by atoms with Crippen molar-refractivity contribution in [2.75, 3.05) is 45.8 Å². The van der Waals surface area contributed by atoms with E-state index in [9.17, 15) is 43.8 Å². The Morgan fingerprint density at radius 3 is 1.35 bits per heavy atom. The summed E-state index contributed by atoms with van der Waals surface area (Å²) in [5.41, 5.74) is 6.07. The van der Waals surface area contributed by atoms with Crippen molar-refractivity contribution in [1.82, 2.24) is 36.4 Å². The summed E-state index contributed by atoms with van der Waals surface area (Å²) >= 11 is 0. The maximum atomic E-state index is 13.4. The zero-order chi connectivity index (χ0) is 57.0. The molecule has 78 heavy (non-hydrogen) atoms. The summed E-state index contributed by atoms with van der Waals surface area (Å²) in [5.74, 6) is -0.902. The molecule has 2 heterocycles. The molecule has 0 spiro atoms. The van der Waals surface area contributed by atoms with Gasteiger partial charge in [0.25, 0.3) is 0 Å². The lowest BCUT2D eigenvalue weighted by atomic mass is 9.94. The van der Waals surface area contributed by atoms with E-state index in [1.54, 1.807) is 9.80 Å². The van der Waals surface area contributed by atoms with Crippen molar-refractivity contribution < 1.29 is 43.8 Å². The van der Waals surface area contributed by atoms with Crippen molar-refractivity contribution in [3.05, 3.63) is 96.1 Å². The molecule has 430 valence electrons. The van der Waals surface area contributed by atoms with Crippen LogP contribution in [-0.4, -0.2) is 144 Å². The number of hydrogen-bond acceptors (Lipinski definition) is 11. The highest BCUT2D eigenvalue weighted by atomic mass is 35.5. The summed E-state index contributed by atoms with van der Waals surface area (Å²) < 4.78 is 0. The molecule has 0 bridgehead atoms. The zero-order valence-corrected chi connectivity index (χ0v) is 48.4. The first-order chi connectivity index (χ1) is 36.3. The van der Waals surface area contributed by atoms with Gasteiger partial charge in [-0.15, -0.1) is 12.4 Å². The van der Waals surface area contributed by atoms with Gasteiger partial charge < -0.3 is 57.1 Å². The Balaban J connectivity index is 0.000000375. The van der Waals surface area contributed by atoms with E-state index >= 15 is 0 Å². The van der Waals surface area contributed by atoms with Crippen molar-refractivity contribution in [3.63, 3.8) is 0 Å².